The Kier molecular flexibility index (Phi) is 5.16. The number of nitro benzene ring substituents is 1. The first-order chi connectivity index (χ1) is 10.9. The molecule has 0 aromatic heterocycles. The number of nitrogens with zero attached hydrogens (tertiary/aromatic N) is 2. The first kappa shape index (κ1) is 16.7. The standard InChI is InChI=1S/C13H14N4O5S/c1-14-13-16-12(19)10(23-13)6-11(18)15-8-4-3-7(22-2)5-9(8)17(20)21/h3-5,10H,6H2,1-2H3,(H,15,18)(H,14,16,19)/t10-/m1/s1. The van der Waals surface area contributed by atoms with Gasteiger partial charge in [0.25, 0.3) is 5.69 Å². The number of carbonyl (C=O) groups excluding carboxylic acids is 2. The predicted molar refractivity (Wildman–Crippen MR) is 85.8 cm³/mol. The second-order valence-corrected chi connectivity index (χ2v) is 5.71. The summed E-state index contributed by atoms with van der Waals surface area (Å²) in [5.41, 5.74) is -0.231. The minimum absolute atomic E-state index is 0.0496. The Balaban J connectivity index is 2.09. The van der Waals surface area contributed by atoms with Gasteiger partial charge in [-0.1, -0.05) is 11.8 Å². The average Bonchev–Trinajstić information content (AvgIpc) is 2.87. The van der Waals surface area contributed by atoms with Gasteiger partial charge in [0.1, 0.15) is 16.7 Å². The molecule has 0 aliphatic carbocycles. The Morgan fingerprint density at radius 1 is 1.57 bits per heavy atom. The normalized spacial score (nSPS) is 18.6. The van der Waals surface area contributed by atoms with Crippen LogP contribution in [0, 0.1) is 10.1 Å². The third kappa shape index (κ3) is 3.97. The summed E-state index contributed by atoms with van der Waals surface area (Å²) in [5.74, 6) is -0.498. The fourth-order valence-corrected chi connectivity index (χ4v) is 2.85. The topological polar surface area (TPSA) is 123 Å². The van der Waals surface area contributed by atoms with Gasteiger partial charge < -0.3 is 15.4 Å². The Morgan fingerprint density at radius 3 is 2.87 bits per heavy atom. The van der Waals surface area contributed by atoms with E-state index in [9.17, 15) is 19.7 Å². The molecule has 2 N–H and O–H groups in total. The molecule has 0 bridgehead atoms. The zero-order valence-corrected chi connectivity index (χ0v) is 13.2. The van der Waals surface area contributed by atoms with Gasteiger partial charge in [0.15, 0.2) is 5.17 Å². The van der Waals surface area contributed by atoms with Gasteiger partial charge in [-0.25, -0.2) is 0 Å². The zero-order chi connectivity index (χ0) is 17.0. The van der Waals surface area contributed by atoms with Gasteiger partial charge in [-0.15, -0.1) is 0 Å². The summed E-state index contributed by atoms with van der Waals surface area (Å²) in [6.45, 7) is 0. The minimum atomic E-state index is -0.614. The number of ether oxygens (including phenoxy) is 1. The molecular weight excluding hydrogens is 324 g/mol. The highest BCUT2D eigenvalue weighted by molar-refractivity contribution is 8.15. The quantitative estimate of drug-likeness (QED) is 0.613. The Morgan fingerprint density at radius 2 is 2.30 bits per heavy atom. The van der Waals surface area contributed by atoms with Gasteiger partial charge in [-0.2, -0.15) is 0 Å². The molecule has 122 valence electrons. The van der Waals surface area contributed by atoms with Crippen LogP contribution in [0.15, 0.2) is 23.2 Å². The number of aliphatic imine (C=N–C) groups is 1. The van der Waals surface area contributed by atoms with Crippen LogP contribution in [-0.2, 0) is 9.59 Å². The summed E-state index contributed by atoms with van der Waals surface area (Å²) in [4.78, 5) is 38.0. The lowest BCUT2D eigenvalue weighted by molar-refractivity contribution is -0.384. The molecule has 0 spiro atoms. The molecule has 1 atom stereocenters. The number of benzene rings is 1. The van der Waals surface area contributed by atoms with Gasteiger partial charge in [0, 0.05) is 13.5 Å². The predicted octanol–water partition coefficient (Wildman–Crippen LogP) is 1.15. The fourth-order valence-electron chi connectivity index (χ4n) is 1.91. The summed E-state index contributed by atoms with van der Waals surface area (Å²) in [7, 11) is 2.92. The second kappa shape index (κ2) is 7.09. The molecule has 0 unspecified atom stereocenters. The highest BCUT2D eigenvalue weighted by atomic mass is 32.2. The van der Waals surface area contributed by atoms with E-state index in [0.717, 1.165) is 11.8 Å². The molecule has 10 heteroatoms. The molecular formula is C13H14N4O5S. The summed E-state index contributed by atoms with van der Waals surface area (Å²) in [6.07, 6.45) is -0.112. The maximum absolute atomic E-state index is 12.0. The maximum Gasteiger partial charge on any atom is 0.296 e. The summed E-state index contributed by atoms with van der Waals surface area (Å²) < 4.78 is 4.92. The number of hydrogen-bond acceptors (Lipinski definition) is 7. The summed E-state index contributed by atoms with van der Waals surface area (Å²) in [5, 5.41) is 15.9. The first-order valence-electron chi connectivity index (χ1n) is 6.51. The van der Waals surface area contributed by atoms with Crippen LogP contribution < -0.4 is 15.4 Å². The van der Waals surface area contributed by atoms with Crippen LogP contribution in [-0.4, -0.2) is 41.3 Å². The van der Waals surface area contributed by atoms with Crippen LogP contribution >= 0.6 is 11.8 Å². The Hall–Kier alpha value is -2.62. The van der Waals surface area contributed by atoms with Crippen molar-refractivity contribution >= 4 is 40.1 Å². The molecule has 2 rings (SSSR count). The average molecular weight is 338 g/mol. The number of nitro groups is 1. The smallest absolute Gasteiger partial charge is 0.296 e. The van der Waals surface area contributed by atoms with Gasteiger partial charge in [-0.3, -0.25) is 24.7 Å². The second-order valence-electron chi connectivity index (χ2n) is 4.52. The van der Waals surface area contributed by atoms with E-state index in [1.807, 2.05) is 0 Å². The van der Waals surface area contributed by atoms with Crippen molar-refractivity contribution in [2.24, 2.45) is 4.99 Å². The molecule has 2 amide bonds. The van der Waals surface area contributed by atoms with Crippen molar-refractivity contribution in [3.63, 3.8) is 0 Å². The van der Waals surface area contributed by atoms with Crippen molar-refractivity contribution in [3.05, 3.63) is 28.3 Å². The summed E-state index contributed by atoms with van der Waals surface area (Å²) >= 11 is 1.15. The molecule has 0 radical (unpaired) electrons. The van der Waals surface area contributed by atoms with Crippen LogP contribution in [0.3, 0.4) is 0 Å². The van der Waals surface area contributed by atoms with E-state index in [2.05, 4.69) is 15.6 Å². The van der Waals surface area contributed by atoms with Crippen molar-refractivity contribution in [2.75, 3.05) is 19.5 Å². The van der Waals surface area contributed by atoms with E-state index in [-0.39, 0.29) is 23.7 Å². The van der Waals surface area contributed by atoms with Crippen molar-refractivity contribution in [1.29, 1.82) is 0 Å². The highest BCUT2D eigenvalue weighted by Gasteiger charge is 2.32. The van der Waals surface area contributed by atoms with Crippen LogP contribution in [0.5, 0.6) is 5.75 Å². The van der Waals surface area contributed by atoms with E-state index in [1.54, 1.807) is 0 Å². The van der Waals surface area contributed by atoms with Gasteiger partial charge in [0.05, 0.1) is 18.1 Å². The first-order valence-corrected chi connectivity index (χ1v) is 7.39. The third-order valence-electron chi connectivity index (χ3n) is 3.03. The third-order valence-corrected chi connectivity index (χ3v) is 4.20. The number of thioether (sulfide) groups is 1. The molecule has 0 saturated carbocycles. The van der Waals surface area contributed by atoms with Crippen LogP contribution in [0.4, 0.5) is 11.4 Å². The van der Waals surface area contributed by atoms with Crippen molar-refractivity contribution < 1.29 is 19.2 Å². The number of carbonyl (C=O) groups is 2. The van der Waals surface area contributed by atoms with Crippen molar-refractivity contribution in [3.8, 4) is 5.75 Å². The zero-order valence-electron chi connectivity index (χ0n) is 12.4. The largest absolute Gasteiger partial charge is 0.496 e. The molecule has 1 aromatic carbocycles. The van der Waals surface area contributed by atoms with Gasteiger partial charge in [0.2, 0.25) is 11.8 Å². The minimum Gasteiger partial charge on any atom is -0.496 e. The van der Waals surface area contributed by atoms with E-state index < -0.39 is 16.1 Å². The fraction of sp³-hybridized carbons (Fsp3) is 0.308. The van der Waals surface area contributed by atoms with E-state index in [1.165, 1.54) is 32.4 Å². The number of rotatable bonds is 5. The maximum atomic E-state index is 12.0. The molecule has 23 heavy (non-hydrogen) atoms. The molecule has 1 saturated heterocycles. The van der Waals surface area contributed by atoms with Crippen molar-refractivity contribution in [1.82, 2.24) is 5.32 Å². The molecule has 1 heterocycles. The van der Waals surface area contributed by atoms with Crippen LogP contribution in [0.1, 0.15) is 6.42 Å². The van der Waals surface area contributed by atoms with E-state index >= 15 is 0 Å². The monoisotopic (exact) mass is 338 g/mol. The molecule has 1 aromatic rings. The lowest BCUT2D eigenvalue weighted by Gasteiger charge is -2.09. The van der Waals surface area contributed by atoms with Crippen molar-refractivity contribution in [2.45, 2.75) is 11.7 Å². The Bertz CT molecular complexity index is 691. The van der Waals surface area contributed by atoms with E-state index in [4.69, 9.17) is 4.74 Å². The lowest BCUT2D eigenvalue weighted by Crippen LogP contribution is -2.28. The van der Waals surface area contributed by atoms with Crippen LogP contribution in [0.2, 0.25) is 0 Å². The number of methoxy groups -OCH3 is 1. The SMILES string of the molecule is CN=C1NC(=O)[C@@H](CC(=O)Nc2ccc(OC)cc2[N+](=O)[O-])S1. The number of nitrogens with one attached hydrogen (secondary N) is 2. The van der Waals surface area contributed by atoms with Gasteiger partial charge in [-0.05, 0) is 12.1 Å². The lowest BCUT2D eigenvalue weighted by atomic mass is 10.2. The summed E-state index contributed by atoms with van der Waals surface area (Å²) in [6, 6.07) is 4.10. The molecule has 1 aliphatic heterocycles. The highest BCUT2D eigenvalue weighted by Crippen LogP contribution is 2.30. The van der Waals surface area contributed by atoms with E-state index in [0.29, 0.717) is 10.9 Å². The number of anilines is 1. The number of amidine groups is 1. The molecule has 1 fully saturated rings. The van der Waals surface area contributed by atoms with Gasteiger partial charge >= 0.3 is 0 Å². The Labute approximate surface area is 135 Å². The number of hydrogen-bond donors (Lipinski definition) is 2. The molecule has 9 nitrogen and oxygen atoms in total. The van der Waals surface area contributed by atoms with Crippen LogP contribution in [0.25, 0.3) is 0 Å². The molecule has 1 aliphatic rings. The number of amides is 2.